The zero-order valence-electron chi connectivity index (χ0n) is 19.0. The topological polar surface area (TPSA) is 79.7 Å². The maximum Gasteiger partial charge on any atom is 0.296 e. The van der Waals surface area contributed by atoms with Crippen LogP contribution in [-0.4, -0.2) is 33.8 Å². The van der Waals surface area contributed by atoms with Crippen LogP contribution in [-0.2, 0) is 29.0 Å². The average molecular weight is 455 g/mol. The van der Waals surface area contributed by atoms with Gasteiger partial charge in [0, 0.05) is 17.3 Å². The minimum absolute atomic E-state index is 0.0705. The van der Waals surface area contributed by atoms with Crippen molar-refractivity contribution in [1.82, 2.24) is 9.88 Å². The van der Waals surface area contributed by atoms with Gasteiger partial charge in [-0.3, -0.25) is 14.6 Å². The summed E-state index contributed by atoms with van der Waals surface area (Å²) in [7, 11) is 1.55. The zero-order valence-corrected chi connectivity index (χ0v) is 19.0. The predicted molar refractivity (Wildman–Crippen MR) is 128 cm³/mol. The van der Waals surface area contributed by atoms with Crippen LogP contribution in [0.5, 0.6) is 5.75 Å². The molecule has 1 saturated heterocycles. The predicted octanol–water partition coefficient (Wildman–Crippen LogP) is 4.59. The van der Waals surface area contributed by atoms with E-state index >= 15 is 0 Å². The molecule has 6 nitrogen and oxygen atoms in total. The number of benzene rings is 2. The van der Waals surface area contributed by atoms with Gasteiger partial charge in [0.1, 0.15) is 11.5 Å². The molecular weight excluding hydrogens is 428 g/mol. The van der Waals surface area contributed by atoms with Gasteiger partial charge in [-0.25, -0.2) is 0 Å². The number of ether oxygens (including phenoxy) is 1. The molecule has 1 amide bonds. The summed E-state index contributed by atoms with van der Waals surface area (Å²) in [5.74, 6) is -0.994. The fourth-order valence-electron chi connectivity index (χ4n) is 4.96. The van der Waals surface area contributed by atoms with Crippen LogP contribution in [0.25, 0.3) is 5.76 Å². The summed E-state index contributed by atoms with van der Waals surface area (Å²) in [5, 5.41) is 11.4. The van der Waals surface area contributed by atoms with E-state index in [0.29, 0.717) is 22.6 Å². The van der Waals surface area contributed by atoms with E-state index < -0.39 is 17.7 Å². The van der Waals surface area contributed by atoms with Crippen molar-refractivity contribution in [2.24, 2.45) is 0 Å². The SMILES string of the molecule is COc1ccccc1C1/C(=C(\O)c2ccc3c(c2)CCCC3)C(=O)C(=O)N1Cc1ccccn1. The molecule has 1 fully saturated rings. The van der Waals surface area contributed by atoms with E-state index in [-0.39, 0.29) is 17.9 Å². The third kappa shape index (κ3) is 3.85. The molecule has 0 radical (unpaired) electrons. The van der Waals surface area contributed by atoms with E-state index in [4.69, 9.17) is 4.74 Å². The second kappa shape index (κ2) is 9.14. The van der Waals surface area contributed by atoms with Crippen molar-refractivity contribution in [3.05, 3.63) is 100 Å². The number of nitrogens with zero attached hydrogens (tertiary/aromatic N) is 2. The van der Waals surface area contributed by atoms with Gasteiger partial charge in [0.05, 0.1) is 31.0 Å². The molecule has 0 bridgehead atoms. The number of Topliss-reactive ketones (excluding diaryl/α,β-unsaturated/α-hetero) is 1. The van der Waals surface area contributed by atoms with Gasteiger partial charge in [0.2, 0.25) is 0 Å². The third-order valence-corrected chi connectivity index (χ3v) is 6.65. The number of likely N-dealkylation sites (tertiary alicyclic amines) is 1. The van der Waals surface area contributed by atoms with E-state index in [1.165, 1.54) is 16.0 Å². The number of carbonyl (C=O) groups excluding carboxylic acids is 2. The molecule has 1 aliphatic heterocycles. The Balaban J connectivity index is 1.66. The van der Waals surface area contributed by atoms with E-state index in [9.17, 15) is 14.7 Å². The van der Waals surface area contributed by atoms with Crippen LogP contribution < -0.4 is 4.74 Å². The largest absolute Gasteiger partial charge is 0.507 e. The van der Waals surface area contributed by atoms with Crippen molar-refractivity contribution in [3.63, 3.8) is 0 Å². The summed E-state index contributed by atoms with van der Waals surface area (Å²) >= 11 is 0. The number of methoxy groups -OCH3 is 1. The Morgan fingerprint density at radius 3 is 2.56 bits per heavy atom. The van der Waals surface area contributed by atoms with E-state index in [0.717, 1.165) is 25.7 Å². The minimum atomic E-state index is -0.797. The molecule has 5 rings (SSSR count). The molecule has 34 heavy (non-hydrogen) atoms. The molecule has 1 N–H and O–H groups in total. The lowest BCUT2D eigenvalue weighted by Crippen LogP contribution is -2.29. The maximum absolute atomic E-state index is 13.3. The fourth-order valence-corrected chi connectivity index (χ4v) is 4.96. The van der Waals surface area contributed by atoms with Gasteiger partial charge in [-0.1, -0.05) is 36.4 Å². The number of ketones is 1. The number of amides is 1. The summed E-state index contributed by atoms with van der Waals surface area (Å²) in [4.78, 5) is 32.4. The van der Waals surface area contributed by atoms with Crippen molar-refractivity contribution < 1.29 is 19.4 Å². The number of rotatable bonds is 5. The minimum Gasteiger partial charge on any atom is -0.507 e. The smallest absolute Gasteiger partial charge is 0.296 e. The summed E-state index contributed by atoms with van der Waals surface area (Å²) in [5.41, 5.74) is 4.38. The van der Waals surface area contributed by atoms with E-state index in [1.807, 2.05) is 48.5 Å². The summed E-state index contributed by atoms with van der Waals surface area (Å²) < 4.78 is 5.57. The summed E-state index contributed by atoms with van der Waals surface area (Å²) in [6.45, 7) is 0.134. The Bertz CT molecular complexity index is 1280. The first-order valence-electron chi connectivity index (χ1n) is 11.5. The Hall–Kier alpha value is -3.93. The highest BCUT2D eigenvalue weighted by atomic mass is 16.5. The molecule has 172 valence electrons. The van der Waals surface area contributed by atoms with Crippen molar-refractivity contribution in [2.75, 3.05) is 7.11 Å². The van der Waals surface area contributed by atoms with Gasteiger partial charge in [-0.05, 0) is 61.1 Å². The standard InChI is InChI=1S/C28H26N2O4/c1-34-23-12-5-4-11-22(23)25-24(26(31)20-14-13-18-8-2-3-9-19(18)16-20)27(32)28(33)30(25)17-21-10-6-7-15-29-21/h4-7,10-16,25,31H,2-3,8-9,17H2,1H3/b26-24+. The molecule has 3 aromatic rings. The molecule has 1 atom stereocenters. The van der Waals surface area contributed by atoms with Gasteiger partial charge in [-0.15, -0.1) is 0 Å². The number of hydrogen-bond donors (Lipinski definition) is 1. The van der Waals surface area contributed by atoms with E-state index in [1.54, 1.807) is 25.4 Å². The quantitative estimate of drug-likeness (QED) is 0.347. The molecule has 2 aliphatic rings. The van der Waals surface area contributed by atoms with Crippen LogP contribution in [0, 0.1) is 0 Å². The second-order valence-electron chi connectivity index (χ2n) is 8.68. The highest BCUT2D eigenvalue weighted by Crippen LogP contribution is 2.43. The monoisotopic (exact) mass is 454 g/mol. The lowest BCUT2D eigenvalue weighted by molar-refractivity contribution is -0.140. The van der Waals surface area contributed by atoms with Gasteiger partial charge >= 0.3 is 0 Å². The highest BCUT2D eigenvalue weighted by molar-refractivity contribution is 6.46. The van der Waals surface area contributed by atoms with Crippen molar-refractivity contribution in [1.29, 1.82) is 0 Å². The molecule has 2 aromatic carbocycles. The molecule has 0 saturated carbocycles. The van der Waals surface area contributed by atoms with Gasteiger partial charge in [0.15, 0.2) is 0 Å². The molecule has 1 aromatic heterocycles. The van der Waals surface area contributed by atoms with Gasteiger partial charge in [0.25, 0.3) is 11.7 Å². The number of aryl methyl sites for hydroxylation is 2. The third-order valence-electron chi connectivity index (χ3n) is 6.65. The first-order chi connectivity index (χ1) is 16.6. The first-order valence-corrected chi connectivity index (χ1v) is 11.5. The van der Waals surface area contributed by atoms with Gasteiger partial charge < -0.3 is 14.7 Å². The lowest BCUT2D eigenvalue weighted by Gasteiger charge is -2.26. The number of carbonyl (C=O) groups is 2. The molecule has 1 unspecified atom stereocenters. The number of hydrogen-bond acceptors (Lipinski definition) is 5. The molecule has 0 spiro atoms. The zero-order chi connectivity index (χ0) is 23.7. The number of aliphatic hydroxyl groups excluding tert-OH is 1. The van der Waals surface area contributed by atoms with Crippen LogP contribution in [0.3, 0.4) is 0 Å². The average Bonchev–Trinajstić information content (AvgIpc) is 3.13. The first kappa shape index (κ1) is 21.9. The van der Waals surface area contributed by atoms with Crippen LogP contribution >= 0.6 is 0 Å². The van der Waals surface area contributed by atoms with Crippen molar-refractivity contribution in [2.45, 2.75) is 38.3 Å². The highest BCUT2D eigenvalue weighted by Gasteiger charge is 2.47. The number of aromatic nitrogens is 1. The Labute approximate surface area is 198 Å². The lowest BCUT2D eigenvalue weighted by atomic mass is 9.88. The van der Waals surface area contributed by atoms with Crippen molar-refractivity contribution in [3.8, 4) is 5.75 Å². The Morgan fingerprint density at radius 2 is 1.79 bits per heavy atom. The second-order valence-corrected chi connectivity index (χ2v) is 8.68. The number of fused-ring (bicyclic) bond motifs is 1. The molecule has 6 heteroatoms. The molecule has 2 heterocycles. The van der Waals surface area contributed by atoms with Crippen LogP contribution in [0.2, 0.25) is 0 Å². The number of para-hydroxylation sites is 1. The summed E-state index contributed by atoms with van der Waals surface area (Å²) in [6.07, 6.45) is 5.88. The van der Waals surface area contributed by atoms with Crippen molar-refractivity contribution >= 4 is 17.4 Å². The number of pyridine rings is 1. The molecular formula is C28H26N2O4. The van der Waals surface area contributed by atoms with Crippen LogP contribution in [0.4, 0.5) is 0 Å². The fraction of sp³-hybridized carbons (Fsp3) is 0.250. The maximum atomic E-state index is 13.3. The van der Waals surface area contributed by atoms with Gasteiger partial charge in [-0.2, -0.15) is 0 Å². The van der Waals surface area contributed by atoms with Crippen LogP contribution in [0.1, 0.15) is 46.8 Å². The number of aliphatic hydroxyl groups is 1. The van der Waals surface area contributed by atoms with E-state index in [2.05, 4.69) is 4.98 Å². The Kier molecular flexibility index (Phi) is 5.88. The normalized spacial score (nSPS) is 19.2. The van der Waals surface area contributed by atoms with Crippen LogP contribution in [0.15, 0.2) is 72.4 Å². The molecule has 1 aliphatic carbocycles. The Morgan fingerprint density at radius 1 is 1.03 bits per heavy atom. The summed E-state index contributed by atoms with van der Waals surface area (Å²) in [6, 6.07) is 17.7.